The van der Waals surface area contributed by atoms with Crippen molar-refractivity contribution in [2.75, 3.05) is 51.8 Å². The largest absolute Gasteiger partial charge is 0.419 e. The van der Waals surface area contributed by atoms with E-state index in [4.69, 9.17) is 9.15 Å². The number of anilines is 1. The lowest BCUT2D eigenvalue weighted by Gasteiger charge is -2.26. The first-order chi connectivity index (χ1) is 17.0. The lowest BCUT2D eigenvalue weighted by atomic mass is 10.2. The lowest BCUT2D eigenvalue weighted by molar-refractivity contribution is 0.0378. The number of rotatable bonds is 10. The van der Waals surface area contributed by atoms with E-state index in [2.05, 4.69) is 21.3 Å². The Labute approximate surface area is 206 Å². The van der Waals surface area contributed by atoms with Crippen LogP contribution in [-0.2, 0) is 21.3 Å². The molecule has 0 atom stereocenters. The van der Waals surface area contributed by atoms with Gasteiger partial charge in [-0.15, -0.1) is 0 Å². The van der Waals surface area contributed by atoms with Crippen LogP contribution in [0.15, 0.2) is 63.9 Å². The molecular weight excluding hydrogens is 466 g/mol. The van der Waals surface area contributed by atoms with Crippen LogP contribution in [0.3, 0.4) is 0 Å². The van der Waals surface area contributed by atoms with Gasteiger partial charge in [0, 0.05) is 38.8 Å². The fraction of sp³-hybridized carbons (Fsp3) is 0.360. The van der Waals surface area contributed by atoms with Crippen LogP contribution in [0.5, 0.6) is 0 Å². The van der Waals surface area contributed by atoms with Crippen molar-refractivity contribution in [3.05, 3.63) is 65.9 Å². The van der Waals surface area contributed by atoms with Crippen molar-refractivity contribution in [3.8, 4) is 17.5 Å². The maximum atomic E-state index is 13.0. The molecule has 2 heterocycles. The molecule has 1 aliphatic rings. The number of aromatic nitrogens is 1. The molecule has 0 unspecified atom stereocenters. The Balaban J connectivity index is 1.39. The van der Waals surface area contributed by atoms with E-state index in [0.29, 0.717) is 18.0 Å². The molecule has 3 aromatic rings. The second-order valence-electron chi connectivity index (χ2n) is 8.31. The number of benzene rings is 2. The molecule has 1 saturated heterocycles. The maximum Gasteiger partial charge on any atom is 0.243 e. The smallest absolute Gasteiger partial charge is 0.243 e. The van der Waals surface area contributed by atoms with Crippen molar-refractivity contribution >= 4 is 15.9 Å². The van der Waals surface area contributed by atoms with E-state index < -0.39 is 10.0 Å². The minimum atomic E-state index is -3.66. The summed E-state index contributed by atoms with van der Waals surface area (Å²) in [4.78, 5) is 6.79. The van der Waals surface area contributed by atoms with Gasteiger partial charge in [0.15, 0.2) is 0 Å². The lowest BCUT2D eigenvalue weighted by Crippen LogP contribution is -2.37. The van der Waals surface area contributed by atoms with Gasteiger partial charge in [-0.25, -0.2) is 8.42 Å². The second kappa shape index (κ2) is 11.5. The average Bonchev–Trinajstić information content (AvgIpc) is 3.31. The number of hydrogen-bond donors (Lipinski definition) is 1. The maximum absolute atomic E-state index is 13.0. The van der Waals surface area contributed by atoms with E-state index in [1.165, 1.54) is 16.4 Å². The first-order valence-corrected chi connectivity index (χ1v) is 13.0. The van der Waals surface area contributed by atoms with E-state index in [1.807, 2.05) is 30.3 Å². The Hall–Kier alpha value is -3.23. The van der Waals surface area contributed by atoms with Crippen LogP contribution < -0.4 is 5.32 Å². The summed E-state index contributed by atoms with van der Waals surface area (Å²) in [6.07, 6.45) is 0.893. The highest BCUT2D eigenvalue weighted by atomic mass is 32.2. The van der Waals surface area contributed by atoms with E-state index >= 15 is 0 Å². The highest BCUT2D eigenvalue weighted by Gasteiger charge is 2.22. The number of nitrogens with one attached hydrogen (secondary N) is 1. The molecule has 35 heavy (non-hydrogen) atoms. The molecule has 4 rings (SSSR count). The fourth-order valence-corrected chi connectivity index (χ4v) is 5.00. The normalized spacial score (nSPS) is 14.7. The Bertz CT molecular complexity index is 1250. The van der Waals surface area contributed by atoms with Gasteiger partial charge in [-0.05, 0) is 42.8 Å². The van der Waals surface area contributed by atoms with Crippen molar-refractivity contribution < 1.29 is 17.6 Å². The van der Waals surface area contributed by atoms with E-state index in [9.17, 15) is 13.7 Å². The summed E-state index contributed by atoms with van der Waals surface area (Å²) in [7, 11) is -2.11. The molecule has 0 spiro atoms. The molecule has 0 amide bonds. The molecule has 0 saturated carbocycles. The van der Waals surface area contributed by atoms with Gasteiger partial charge in [0.25, 0.3) is 0 Å². The number of ether oxygens (including phenoxy) is 1. The molecule has 0 bridgehead atoms. The topological polar surface area (TPSA) is 112 Å². The third kappa shape index (κ3) is 6.26. The van der Waals surface area contributed by atoms with Gasteiger partial charge in [0.05, 0.1) is 18.1 Å². The summed E-state index contributed by atoms with van der Waals surface area (Å²) >= 11 is 0. The summed E-state index contributed by atoms with van der Waals surface area (Å²) in [5.74, 6) is 0.586. The minimum Gasteiger partial charge on any atom is -0.419 e. The summed E-state index contributed by atoms with van der Waals surface area (Å²) in [5.41, 5.74) is 1.67. The number of nitriles is 1. The van der Waals surface area contributed by atoms with E-state index in [0.717, 1.165) is 44.8 Å². The van der Waals surface area contributed by atoms with Gasteiger partial charge in [-0.2, -0.15) is 14.6 Å². The van der Waals surface area contributed by atoms with Crippen LogP contribution in [0.4, 0.5) is 5.88 Å². The first-order valence-electron chi connectivity index (χ1n) is 11.5. The zero-order valence-electron chi connectivity index (χ0n) is 19.7. The SMILES string of the molecule is CN(Cc1ccccc1)S(=O)(=O)c1ccc(-c2nc(C#N)c(NCCCN3CCOCC3)o2)cc1. The van der Waals surface area contributed by atoms with Crippen molar-refractivity contribution in [1.82, 2.24) is 14.2 Å². The summed E-state index contributed by atoms with van der Waals surface area (Å²) in [6, 6.07) is 17.8. The molecule has 1 N–H and O–H groups in total. The second-order valence-corrected chi connectivity index (χ2v) is 10.4. The minimum absolute atomic E-state index is 0.172. The number of hydrogen-bond acceptors (Lipinski definition) is 8. The highest BCUT2D eigenvalue weighted by molar-refractivity contribution is 7.89. The molecule has 1 aromatic heterocycles. The molecule has 0 aliphatic carbocycles. The predicted molar refractivity (Wildman–Crippen MR) is 132 cm³/mol. The molecule has 10 heteroatoms. The molecule has 9 nitrogen and oxygen atoms in total. The third-order valence-corrected chi connectivity index (χ3v) is 7.65. The standard InChI is InChI=1S/C25H29N5O4S/c1-29(19-20-6-3-2-4-7-20)35(31,32)22-10-8-21(9-11-22)24-28-23(18-26)25(34-24)27-12-5-13-30-14-16-33-17-15-30/h2-4,6-11,27H,5,12-17,19H2,1H3. The average molecular weight is 496 g/mol. The van der Waals surface area contributed by atoms with Crippen LogP contribution >= 0.6 is 0 Å². The van der Waals surface area contributed by atoms with Gasteiger partial charge >= 0.3 is 0 Å². The van der Waals surface area contributed by atoms with Gasteiger partial charge in [0.1, 0.15) is 6.07 Å². The first kappa shape index (κ1) is 24.9. The number of oxazole rings is 1. The van der Waals surface area contributed by atoms with E-state index in [-0.39, 0.29) is 23.0 Å². The molecule has 0 radical (unpaired) electrons. The molecule has 2 aromatic carbocycles. The van der Waals surface area contributed by atoms with E-state index in [1.54, 1.807) is 19.2 Å². The Morgan fingerprint density at radius 1 is 1.11 bits per heavy atom. The molecule has 184 valence electrons. The van der Waals surface area contributed by atoms with Crippen molar-refractivity contribution in [1.29, 1.82) is 5.26 Å². The van der Waals surface area contributed by atoms with Crippen LogP contribution in [0, 0.1) is 11.3 Å². The fourth-order valence-electron chi connectivity index (χ4n) is 3.84. The molecule has 1 fully saturated rings. The number of morpholine rings is 1. The van der Waals surface area contributed by atoms with Crippen molar-refractivity contribution in [3.63, 3.8) is 0 Å². The zero-order chi connectivity index (χ0) is 24.7. The van der Waals surface area contributed by atoms with Gasteiger partial charge in [-0.3, -0.25) is 4.90 Å². The van der Waals surface area contributed by atoms with Crippen LogP contribution in [0.25, 0.3) is 11.5 Å². The Morgan fingerprint density at radius 3 is 2.51 bits per heavy atom. The summed E-state index contributed by atoms with van der Waals surface area (Å²) in [5, 5.41) is 12.6. The monoisotopic (exact) mass is 495 g/mol. The third-order valence-electron chi connectivity index (χ3n) is 5.83. The Kier molecular flexibility index (Phi) is 8.15. The van der Waals surface area contributed by atoms with Crippen LogP contribution in [0.1, 0.15) is 17.7 Å². The summed E-state index contributed by atoms with van der Waals surface area (Å²) < 4.78 is 38.4. The van der Waals surface area contributed by atoms with Crippen LogP contribution in [0.2, 0.25) is 0 Å². The molecule has 1 aliphatic heterocycles. The van der Waals surface area contributed by atoms with Crippen molar-refractivity contribution in [2.45, 2.75) is 17.9 Å². The molecular formula is C25H29N5O4S. The summed E-state index contributed by atoms with van der Waals surface area (Å²) in [6.45, 7) is 5.26. The highest BCUT2D eigenvalue weighted by Crippen LogP contribution is 2.27. The Morgan fingerprint density at radius 2 is 1.83 bits per heavy atom. The van der Waals surface area contributed by atoms with Gasteiger partial charge in [0.2, 0.25) is 27.5 Å². The van der Waals surface area contributed by atoms with Gasteiger partial charge < -0.3 is 14.5 Å². The number of sulfonamides is 1. The van der Waals surface area contributed by atoms with Crippen LogP contribution in [-0.4, -0.2) is 69.0 Å². The van der Waals surface area contributed by atoms with Crippen molar-refractivity contribution in [2.24, 2.45) is 0 Å². The quantitative estimate of drug-likeness (QED) is 0.427. The predicted octanol–water partition coefficient (Wildman–Crippen LogP) is 3.17. The van der Waals surface area contributed by atoms with Gasteiger partial charge in [-0.1, -0.05) is 30.3 Å². The number of nitrogens with zero attached hydrogens (tertiary/aromatic N) is 4. The zero-order valence-corrected chi connectivity index (χ0v) is 20.5.